The van der Waals surface area contributed by atoms with E-state index in [0.29, 0.717) is 12.5 Å². The molecular formula is C10H19NO4S. The van der Waals surface area contributed by atoms with Crippen LogP contribution in [0.3, 0.4) is 0 Å². The minimum absolute atomic E-state index is 0.0913. The number of sulfonamides is 1. The van der Waals surface area contributed by atoms with E-state index in [0.717, 1.165) is 12.8 Å². The molecule has 0 aromatic carbocycles. The minimum atomic E-state index is -3.28. The van der Waals surface area contributed by atoms with Crippen molar-refractivity contribution in [2.75, 3.05) is 12.3 Å². The third-order valence-electron chi connectivity index (χ3n) is 2.87. The molecule has 2 N–H and O–H groups in total. The van der Waals surface area contributed by atoms with E-state index in [4.69, 9.17) is 5.11 Å². The first kappa shape index (κ1) is 13.4. The van der Waals surface area contributed by atoms with Crippen LogP contribution in [-0.2, 0) is 14.8 Å². The standard InChI is InChI=1S/C10H19NO4S/c12-10(13)6-3-7-16(14,15)11-8-9-4-1-2-5-9/h9,11H,1-8H2,(H,12,13). The van der Waals surface area contributed by atoms with Crippen molar-refractivity contribution in [2.24, 2.45) is 5.92 Å². The van der Waals surface area contributed by atoms with Crippen LogP contribution in [0.4, 0.5) is 0 Å². The fourth-order valence-electron chi connectivity index (χ4n) is 1.94. The molecule has 1 aliphatic rings. The van der Waals surface area contributed by atoms with E-state index in [-0.39, 0.29) is 18.6 Å². The number of hydrogen-bond donors (Lipinski definition) is 2. The molecule has 1 aliphatic carbocycles. The molecular weight excluding hydrogens is 230 g/mol. The fraction of sp³-hybridized carbons (Fsp3) is 0.900. The second-order valence-corrected chi connectivity index (χ2v) is 6.24. The summed E-state index contributed by atoms with van der Waals surface area (Å²) >= 11 is 0. The maximum atomic E-state index is 11.5. The molecule has 0 saturated heterocycles. The number of nitrogens with one attached hydrogen (secondary N) is 1. The van der Waals surface area contributed by atoms with Gasteiger partial charge in [-0.3, -0.25) is 4.79 Å². The molecule has 0 atom stereocenters. The van der Waals surface area contributed by atoms with Crippen molar-refractivity contribution in [3.8, 4) is 0 Å². The van der Waals surface area contributed by atoms with E-state index in [1.54, 1.807) is 0 Å². The summed E-state index contributed by atoms with van der Waals surface area (Å²) in [6, 6.07) is 0. The lowest BCUT2D eigenvalue weighted by atomic mass is 10.1. The fourth-order valence-corrected chi connectivity index (χ4v) is 3.10. The normalized spacial score (nSPS) is 17.8. The van der Waals surface area contributed by atoms with E-state index in [9.17, 15) is 13.2 Å². The maximum Gasteiger partial charge on any atom is 0.303 e. The van der Waals surface area contributed by atoms with Gasteiger partial charge in [-0.2, -0.15) is 0 Å². The summed E-state index contributed by atoms with van der Waals surface area (Å²) in [5.74, 6) is -0.577. The van der Waals surface area contributed by atoms with Crippen molar-refractivity contribution >= 4 is 16.0 Å². The van der Waals surface area contributed by atoms with Crippen LogP contribution in [0.2, 0.25) is 0 Å². The monoisotopic (exact) mass is 249 g/mol. The van der Waals surface area contributed by atoms with Crippen molar-refractivity contribution in [3.05, 3.63) is 0 Å². The Morgan fingerprint density at radius 2 is 1.94 bits per heavy atom. The Morgan fingerprint density at radius 3 is 2.50 bits per heavy atom. The molecule has 1 fully saturated rings. The Labute approximate surface area is 96.3 Å². The van der Waals surface area contributed by atoms with Crippen molar-refractivity contribution in [3.63, 3.8) is 0 Å². The third kappa shape index (κ3) is 5.46. The van der Waals surface area contributed by atoms with E-state index in [1.807, 2.05) is 0 Å². The van der Waals surface area contributed by atoms with E-state index >= 15 is 0 Å². The molecule has 0 unspecified atom stereocenters. The quantitative estimate of drug-likeness (QED) is 0.704. The van der Waals surface area contributed by atoms with Crippen molar-refractivity contribution in [1.29, 1.82) is 0 Å². The Hall–Kier alpha value is -0.620. The zero-order valence-corrected chi connectivity index (χ0v) is 10.1. The third-order valence-corrected chi connectivity index (χ3v) is 4.30. The van der Waals surface area contributed by atoms with Gasteiger partial charge in [0.2, 0.25) is 10.0 Å². The van der Waals surface area contributed by atoms with Gasteiger partial charge in [-0.25, -0.2) is 13.1 Å². The average Bonchev–Trinajstić information content (AvgIpc) is 2.66. The first-order valence-corrected chi connectivity index (χ1v) is 7.34. The summed E-state index contributed by atoms with van der Waals surface area (Å²) in [7, 11) is -3.28. The number of carbonyl (C=O) groups is 1. The smallest absolute Gasteiger partial charge is 0.303 e. The molecule has 6 heteroatoms. The summed E-state index contributed by atoms with van der Waals surface area (Å²) in [5, 5.41) is 8.40. The molecule has 16 heavy (non-hydrogen) atoms. The topological polar surface area (TPSA) is 83.5 Å². The van der Waals surface area contributed by atoms with Gasteiger partial charge in [-0.1, -0.05) is 12.8 Å². The number of hydrogen-bond acceptors (Lipinski definition) is 3. The van der Waals surface area contributed by atoms with Gasteiger partial charge in [0.1, 0.15) is 0 Å². The largest absolute Gasteiger partial charge is 0.481 e. The van der Waals surface area contributed by atoms with Gasteiger partial charge < -0.3 is 5.11 Å². The Morgan fingerprint density at radius 1 is 1.31 bits per heavy atom. The first-order chi connectivity index (χ1) is 7.49. The van der Waals surface area contributed by atoms with Gasteiger partial charge in [0.05, 0.1) is 5.75 Å². The van der Waals surface area contributed by atoms with Crippen LogP contribution >= 0.6 is 0 Å². The number of aliphatic carboxylic acids is 1. The Bertz CT molecular complexity index is 320. The van der Waals surface area contributed by atoms with Gasteiger partial charge in [0.25, 0.3) is 0 Å². The summed E-state index contributed by atoms with van der Waals surface area (Å²) < 4.78 is 25.5. The van der Waals surface area contributed by atoms with Crippen LogP contribution < -0.4 is 4.72 Å². The zero-order chi connectivity index (χ0) is 12.0. The second-order valence-electron chi connectivity index (χ2n) is 4.32. The highest BCUT2D eigenvalue weighted by Crippen LogP contribution is 2.23. The van der Waals surface area contributed by atoms with Crippen LogP contribution in [-0.4, -0.2) is 31.8 Å². The highest BCUT2D eigenvalue weighted by molar-refractivity contribution is 7.89. The molecule has 1 saturated carbocycles. The van der Waals surface area contributed by atoms with Crippen molar-refractivity contribution in [1.82, 2.24) is 4.72 Å². The lowest BCUT2D eigenvalue weighted by molar-refractivity contribution is -0.137. The molecule has 0 bridgehead atoms. The van der Waals surface area contributed by atoms with Crippen LogP contribution in [0, 0.1) is 5.92 Å². The molecule has 5 nitrogen and oxygen atoms in total. The predicted octanol–water partition coefficient (Wildman–Crippen LogP) is 0.961. The molecule has 0 aliphatic heterocycles. The van der Waals surface area contributed by atoms with Crippen LogP contribution in [0.1, 0.15) is 38.5 Å². The van der Waals surface area contributed by atoms with Crippen LogP contribution in [0.15, 0.2) is 0 Å². The van der Waals surface area contributed by atoms with Gasteiger partial charge in [0, 0.05) is 13.0 Å². The van der Waals surface area contributed by atoms with E-state index < -0.39 is 16.0 Å². The second kappa shape index (κ2) is 6.20. The molecule has 94 valence electrons. The summed E-state index contributed by atoms with van der Waals surface area (Å²) in [6.45, 7) is 0.509. The highest BCUT2D eigenvalue weighted by atomic mass is 32.2. The predicted molar refractivity (Wildman–Crippen MR) is 60.6 cm³/mol. The SMILES string of the molecule is O=C(O)CCCS(=O)(=O)NCC1CCCC1. The molecule has 0 spiro atoms. The Balaban J connectivity index is 2.20. The molecule has 0 aromatic heterocycles. The minimum Gasteiger partial charge on any atom is -0.481 e. The number of carboxylic acids is 1. The first-order valence-electron chi connectivity index (χ1n) is 5.69. The van der Waals surface area contributed by atoms with Crippen molar-refractivity contribution < 1.29 is 18.3 Å². The van der Waals surface area contributed by atoms with Gasteiger partial charge in [-0.05, 0) is 25.2 Å². The lowest BCUT2D eigenvalue weighted by Crippen LogP contribution is -2.30. The number of carboxylic acid groups (broad SMARTS) is 1. The molecule has 1 rings (SSSR count). The molecule has 0 aromatic rings. The van der Waals surface area contributed by atoms with Crippen LogP contribution in [0.5, 0.6) is 0 Å². The van der Waals surface area contributed by atoms with E-state index in [1.165, 1.54) is 12.8 Å². The highest BCUT2D eigenvalue weighted by Gasteiger charge is 2.18. The molecule has 0 amide bonds. The van der Waals surface area contributed by atoms with Crippen LogP contribution in [0.25, 0.3) is 0 Å². The van der Waals surface area contributed by atoms with Crippen molar-refractivity contribution in [2.45, 2.75) is 38.5 Å². The summed E-state index contributed by atoms with van der Waals surface area (Å²) in [5.41, 5.74) is 0. The lowest BCUT2D eigenvalue weighted by Gasteiger charge is -2.10. The Kier molecular flexibility index (Phi) is 5.21. The van der Waals surface area contributed by atoms with E-state index in [2.05, 4.69) is 4.72 Å². The zero-order valence-electron chi connectivity index (χ0n) is 9.31. The maximum absolute atomic E-state index is 11.5. The van der Waals surface area contributed by atoms with Gasteiger partial charge in [0.15, 0.2) is 0 Å². The molecule has 0 heterocycles. The molecule has 0 radical (unpaired) electrons. The van der Waals surface area contributed by atoms with Gasteiger partial charge in [-0.15, -0.1) is 0 Å². The summed E-state index contributed by atoms with van der Waals surface area (Å²) in [4.78, 5) is 10.2. The average molecular weight is 249 g/mol. The number of rotatable bonds is 7. The summed E-state index contributed by atoms with van der Waals surface area (Å²) in [6.07, 6.45) is 4.64. The van der Waals surface area contributed by atoms with Gasteiger partial charge >= 0.3 is 5.97 Å².